The minimum absolute atomic E-state index is 0.0423. The van der Waals surface area contributed by atoms with E-state index in [4.69, 9.17) is 9.47 Å². The van der Waals surface area contributed by atoms with Crippen molar-refractivity contribution in [1.82, 2.24) is 4.90 Å². The molecule has 7 heteroatoms. The lowest BCUT2D eigenvalue weighted by molar-refractivity contribution is -0.156. The molecule has 30 heavy (non-hydrogen) atoms. The molecule has 7 nitrogen and oxygen atoms in total. The van der Waals surface area contributed by atoms with Crippen LogP contribution in [0.15, 0.2) is 54.6 Å². The zero-order valence-corrected chi connectivity index (χ0v) is 17.0. The molecule has 0 aliphatic carbocycles. The van der Waals surface area contributed by atoms with Crippen molar-refractivity contribution in [3.63, 3.8) is 0 Å². The first kappa shape index (κ1) is 21.4. The summed E-state index contributed by atoms with van der Waals surface area (Å²) in [6, 6.07) is 16.3. The molecule has 2 aromatic rings. The van der Waals surface area contributed by atoms with Crippen LogP contribution in [-0.4, -0.2) is 41.9 Å². The quantitative estimate of drug-likeness (QED) is 0.703. The van der Waals surface area contributed by atoms with E-state index in [2.05, 4.69) is 5.32 Å². The van der Waals surface area contributed by atoms with Crippen molar-refractivity contribution < 1.29 is 23.9 Å². The molecule has 0 aromatic heterocycles. The lowest BCUT2D eigenvalue weighted by Crippen LogP contribution is -2.38. The Morgan fingerprint density at radius 2 is 1.70 bits per heavy atom. The summed E-state index contributed by atoms with van der Waals surface area (Å²) < 4.78 is 10.9. The average Bonchev–Trinajstić information content (AvgIpc) is 2.94. The van der Waals surface area contributed by atoms with E-state index in [9.17, 15) is 14.4 Å². The number of hydrogen-bond acceptors (Lipinski definition) is 5. The van der Waals surface area contributed by atoms with Gasteiger partial charge in [0, 0.05) is 18.7 Å². The maximum atomic E-state index is 12.3. The molecule has 158 valence electrons. The van der Waals surface area contributed by atoms with E-state index < -0.39 is 18.0 Å². The topological polar surface area (TPSA) is 84.9 Å². The minimum atomic E-state index is -0.972. The van der Waals surface area contributed by atoms with E-state index in [0.717, 1.165) is 25.0 Å². The second kappa shape index (κ2) is 10.4. The van der Waals surface area contributed by atoms with E-state index in [1.165, 1.54) is 11.8 Å². The van der Waals surface area contributed by atoms with Gasteiger partial charge in [0.25, 0.3) is 5.91 Å². The van der Waals surface area contributed by atoms with Crippen molar-refractivity contribution in [3.8, 4) is 11.5 Å². The van der Waals surface area contributed by atoms with Gasteiger partial charge in [-0.2, -0.15) is 0 Å². The molecule has 1 aliphatic rings. The minimum Gasteiger partial charge on any atom is -0.457 e. The van der Waals surface area contributed by atoms with Gasteiger partial charge in [0.15, 0.2) is 6.10 Å². The number of carbonyl (C=O) groups excluding carboxylic acids is 3. The van der Waals surface area contributed by atoms with Crippen LogP contribution in [0.5, 0.6) is 11.5 Å². The van der Waals surface area contributed by atoms with Gasteiger partial charge in [0.05, 0.1) is 0 Å². The Hall–Kier alpha value is -3.35. The lowest BCUT2D eigenvalue weighted by atomic mass is 10.2. The molecule has 2 aromatic carbocycles. The highest BCUT2D eigenvalue weighted by Gasteiger charge is 2.23. The number of nitrogens with one attached hydrogen (secondary N) is 1. The highest BCUT2D eigenvalue weighted by Crippen LogP contribution is 2.22. The highest BCUT2D eigenvalue weighted by atomic mass is 16.5. The Morgan fingerprint density at radius 3 is 2.43 bits per heavy atom. The molecule has 1 N–H and O–H groups in total. The third-order valence-electron chi connectivity index (χ3n) is 4.77. The fraction of sp³-hybridized carbons (Fsp3) is 0.348. The van der Waals surface area contributed by atoms with Crippen molar-refractivity contribution in [1.29, 1.82) is 0 Å². The zero-order valence-electron chi connectivity index (χ0n) is 17.0. The molecule has 3 rings (SSSR count). The van der Waals surface area contributed by atoms with Gasteiger partial charge in [-0.3, -0.25) is 14.4 Å². The Labute approximate surface area is 176 Å². The predicted molar refractivity (Wildman–Crippen MR) is 112 cm³/mol. The summed E-state index contributed by atoms with van der Waals surface area (Å²) in [5.74, 6) is 0.291. The first-order valence-electron chi connectivity index (χ1n) is 10.1. The molecule has 1 aliphatic heterocycles. The molecule has 2 amide bonds. The number of para-hydroxylation sites is 1. The smallest absolute Gasteiger partial charge is 0.326 e. The van der Waals surface area contributed by atoms with E-state index in [0.29, 0.717) is 24.4 Å². The van der Waals surface area contributed by atoms with Gasteiger partial charge >= 0.3 is 5.97 Å². The van der Waals surface area contributed by atoms with E-state index in [1.807, 2.05) is 30.3 Å². The molecule has 0 radical (unpaired) electrons. The number of esters is 1. The fourth-order valence-electron chi connectivity index (χ4n) is 3.12. The summed E-state index contributed by atoms with van der Waals surface area (Å²) in [6.07, 6.45) is 2.18. The molecule has 0 unspecified atom stereocenters. The average molecular weight is 410 g/mol. The third kappa shape index (κ3) is 6.34. The third-order valence-corrected chi connectivity index (χ3v) is 4.77. The number of rotatable bonds is 7. The molecule has 0 spiro atoms. The molecular weight excluding hydrogens is 384 g/mol. The molecule has 1 heterocycles. The summed E-state index contributed by atoms with van der Waals surface area (Å²) in [7, 11) is 0. The maximum absolute atomic E-state index is 12.3. The largest absolute Gasteiger partial charge is 0.457 e. The Morgan fingerprint density at radius 1 is 1.00 bits per heavy atom. The van der Waals surface area contributed by atoms with Gasteiger partial charge in [-0.15, -0.1) is 0 Å². The maximum Gasteiger partial charge on any atom is 0.326 e. The van der Waals surface area contributed by atoms with Crippen molar-refractivity contribution >= 4 is 23.5 Å². The molecule has 0 saturated carbocycles. The Balaban J connectivity index is 1.47. The van der Waals surface area contributed by atoms with Crippen LogP contribution < -0.4 is 10.1 Å². The van der Waals surface area contributed by atoms with Crippen molar-refractivity contribution in [2.75, 3.05) is 18.4 Å². The van der Waals surface area contributed by atoms with Gasteiger partial charge in [-0.05, 0) is 56.2 Å². The van der Waals surface area contributed by atoms with E-state index >= 15 is 0 Å². The first-order valence-corrected chi connectivity index (χ1v) is 10.1. The molecular formula is C23H26N2O5. The van der Waals surface area contributed by atoms with Crippen LogP contribution in [0.3, 0.4) is 0 Å². The van der Waals surface area contributed by atoms with Crippen LogP contribution in [0.2, 0.25) is 0 Å². The van der Waals surface area contributed by atoms with E-state index in [1.54, 1.807) is 24.3 Å². The van der Waals surface area contributed by atoms with E-state index in [-0.39, 0.29) is 12.5 Å². The van der Waals surface area contributed by atoms with Crippen molar-refractivity contribution in [2.45, 2.75) is 38.7 Å². The highest BCUT2D eigenvalue weighted by molar-refractivity contribution is 5.95. The van der Waals surface area contributed by atoms with Crippen molar-refractivity contribution in [2.24, 2.45) is 0 Å². The van der Waals surface area contributed by atoms with Crippen LogP contribution in [0.25, 0.3) is 0 Å². The first-order chi connectivity index (χ1) is 14.5. The van der Waals surface area contributed by atoms with Crippen LogP contribution in [0.4, 0.5) is 5.69 Å². The van der Waals surface area contributed by atoms with Crippen molar-refractivity contribution in [3.05, 3.63) is 54.6 Å². The second-order valence-electron chi connectivity index (χ2n) is 7.19. The molecule has 1 fully saturated rings. The van der Waals surface area contributed by atoms with Gasteiger partial charge in [-0.1, -0.05) is 24.6 Å². The van der Waals surface area contributed by atoms with Crippen LogP contribution in [-0.2, 0) is 19.1 Å². The monoisotopic (exact) mass is 410 g/mol. The van der Waals surface area contributed by atoms with Gasteiger partial charge < -0.3 is 19.7 Å². The van der Waals surface area contributed by atoms with Gasteiger partial charge in [0.1, 0.15) is 18.0 Å². The summed E-state index contributed by atoms with van der Waals surface area (Å²) in [6.45, 7) is 1.93. The summed E-state index contributed by atoms with van der Waals surface area (Å²) >= 11 is 0. The lowest BCUT2D eigenvalue weighted by Gasteiger charge is -2.20. The molecule has 1 saturated heterocycles. The number of anilines is 1. The zero-order chi connectivity index (χ0) is 21.3. The van der Waals surface area contributed by atoms with Crippen LogP contribution in [0.1, 0.15) is 32.6 Å². The Kier molecular flexibility index (Phi) is 7.43. The second-order valence-corrected chi connectivity index (χ2v) is 7.19. The summed E-state index contributed by atoms with van der Waals surface area (Å²) in [4.78, 5) is 38.0. The predicted octanol–water partition coefficient (Wildman–Crippen LogP) is 3.75. The SMILES string of the molecule is C[C@@H](OC(=O)CN1CCCCCC1=O)C(=O)Nc1ccc(Oc2ccccc2)cc1. The number of likely N-dealkylation sites (tertiary alicyclic amines) is 1. The number of benzene rings is 2. The van der Waals surface area contributed by atoms with Crippen LogP contribution >= 0.6 is 0 Å². The molecule has 0 bridgehead atoms. The normalized spacial score (nSPS) is 15.1. The van der Waals surface area contributed by atoms with Gasteiger partial charge in [0.2, 0.25) is 5.91 Å². The standard InChI is InChI=1S/C23H26N2O5/c1-17(29-22(27)16-25-15-7-3-6-10-21(25)26)23(28)24-18-11-13-20(14-12-18)30-19-8-4-2-5-9-19/h2,4-5,8-9,11-14,17H,3,6-7,10,15-16H2,1H3,(H,24,28)/t17-/m1/s1. The Bertz CT molecular complexity index is 867. The number of nitrogens with zero attached hydrogens (tertiary/aromatic N) is 1. The fourth-order valence-corrected chi connectivity index (χ4v) is 3.12. The number of hydrogen-bond donors (Lipinski definition) is 1. The van der Waals surface area contributed by atoms with Gasteiger partial charge in [-0.25, -0.2) is 0 Å². The summed E-state index contributed by atoms with van der Waals surface area (Å²) in [5.41, 5.74) is 0.561. The molecule has 1 atom stereocenters. The number of carbonyl (C=O) groups is 3. The number of amides is 2. The number of ether oxygens (including phenoxy) is 2. The summed E-state index contributed by atoms with van der Waals surface area (Å²) in [5, 5.41) is 2.71. The van der Waals surface area contributed by atoms with Crippen LogP contribution in [0, 0.1) is 0 Å².